The van der Waals surface area contributed by atoms with Crippen LogP contribution in [0.1, 0.15) is 11.4 Å². The van der Waals surface area contributed by atoms with E-state index in [0.29, 0.717) is 37.9 Å². The standard InChI is InChI=1S/C14H20N2O3S/c1-10-16-12-9-13(11(15)8-14(12)20-10)19-5-3-4-18-7-6-17-2/h8-9H,3-7,15H2,1-2H3. The molecule has 110 valence electrons. The van der Waals surface area contributed by atoms with E-state index in [-0.39, 0.29) is 0 Å². The van der Waals surface area contributed by atoms with Gasteiger partial charge in [0.15, 0.2) is 0 Å². The SMILES string of the molecule is COCCOCCCOc1cc2nc(C)sc2cc1N. The van der Waals surface area contributed by atoms with Crippen molar-refractivity contribution in [3.8, 4) is 5.75 Å². The van der Waals surface area contributed by atoms with E-state index < -0.39 is 0 Å². The van der Waals surface area contributed by atoms with Crippen LogP contribution in [0.4, 0.5) is 5.69 Å². The highest BCUT2D eigenvalue weighted by Crippen LogP contribution is 2.31. The van der Waals surface area contributed by atoms with E-state index in [0.717, 1.165) is 21.6 Å². The van der Waals surface area contributed by atoms with Gasteiger partial charge in [0.25, 0.3) is 0 Å². The molecule has 0 aliphatic carbocycles. The molecule has 6 heteroatoms. The van der Waals surface area contributed by atoms with Crippen LogP contribution in [-0.2, 0) is 9.47 Å². The Morgan fingerprint density at radius 2 is 2.05 bits per heavy atom. The van der Waals surface area contributed by atoms with Crippen molar-refractivity contribution in [2.24, 2.45) is 0 Å². The van der Waals surface area contributed by atoms with Gasteiger partial charge in [-0.25, -0.2) is 4.98 Å². The molecule has 0 atom stereocenters. The highest BCUT2D eigenvalue weighted by atomic mass is 32.1. The van der Waals surface area contributed by atoms with Crippen LogP contribution in [0.5, 0.6) is 5.75 Å². The lowest BCUT2D eigenvalue weighted by Gasteiger charge is -2.09. The smallest absolute Gasteiger partial charge is 0.144 e. The van der Waals surface area contributed by atoms with Gasteiger partial charge in [-0.3, -0.25) is 0 Å². The van der Waals surface area contributed by atoms with Gasteiger partial charge in [0, 0.05) is 26.2 Å². The van der Waals surface area contributed by atoms with Gasteiger partial charge >= 0.3 is 0 Å². The van der Waals surface area contributed by atoms with Crippen molar-refractivity contribution in [2.75, 3.05) is 39.3 Å². The number of rotatable bonds is 8. The van der Waals surface area contributed by atoms with Crippen LogP contribution in [0.15, 0.2) is 12.1 Å². The fourth-order valence-corrected chi connectivity index (χ4v) is 2.66. The van der Waals surface area contributed by atoms with Gasteiger partial charge < -0.3 is 19.9 Å². The Labute approximate surface area is 122 Å². The summed E-state index contributed by atoms with van der Waals surface area (Å²) in [6.45, 7) is 4.45. The molecule has 0 fully saturated rings. The highest BCUT2D eigenvalue weighted by molar-refractivity contribution is 7.18. The number of fused-ring (bicyclic) bond motifs is 1. The number of thiazole rings is 1. The molecule has 0 aliphatic heterocycles. The van der Waals surface area contributed by atoms with Crippen molar-refractivity contribution in [1.29, 1.82) is 0 Å². The van der Waals surface area contributed by atoms with Crippen molar-refractivity contribution < 1.29 is 14.2 Å². The zero-order chi connectivity index (χ0) is 14.4. The lowest BCUT2D eigenvalue weighted by molar-refractivity contribution is 0.0645. The molecule has 0 radical (unpaired) electrons. The first-order valence-corrected chi connectivity index (χ1v) is 7.38. The minimum absolute atomic E-state index is 0.575. The van der Waals surface area contributed by atoms with E-state index in [9.17, 15) is 0 Å². The van der Waals surface area contributed by atoms with E-state index >= 15 is 0 Å². The number of hydrogen-bond donors (Lipinski definition) is 1. The maximum absolute atomic E-state index is 5.98. The summed E-state index contributed by atoms with van der Waals surface area (Å²) in [5, 5.41) is 1.03. The van der Waals surface area contributed by atoms with Crippen LogP contribution in [0, 0.1) is 6.92 Å². The zero-order valence-corrected chi connectivity index (χ0v) is 12.7. The Hall–Kier alpha value is -1.37. The van der Waals surface area contributed by atoms with Crippen LogP contribution in [0.3, 0.4) is 0 Å². The summed E-state index contributed by atoms with van der Waals surface area (Å²) in [5.41, 5.74) is 7.57. The summed E-state index contributed by atoms with van der Waals surface area (Å²) < 4.78 is 17.0. The molecule has 2 N–H and O–H groups in total. The molecule has 2 rings (SSSR count). The predicted molar refractivity (Wildman–Crippen MR) is 81.6 cm³/mol. The number of anilines is 1. The first kappa shape index (κ1) is 15.0. The second kappa shape index (κ2) is 7.42. The average Bonchev–Trinajstić information content (AvgIpc) is 2.77. The number of nitrogen functional groups attached to an aromatic ring is 1. The second-order valence-electron chi connectivity index (χ2n) is 4.40. The van der Waals surface area contributed by atoms with Crippen molar-refractivity contribution >= 4 is 27.2 Å². The number of nitrogens with two attached hydrogens (primary N) is 1. The van der Waals surface area contributed by atoms with E-state index in [1.165, 1.54) is 0 Å². The number of hydrogen-bond acceptors (Lipinski definition) is 6. The van der Waals surface area contributed by atoms with Crippen molar-refractivity contribution in [2.45, 2.75) is 13.3 Å². The summed E-state index contributed by atoms with van der Waals surface area (Å²) >= 11 is 1.64. The van der Waals surface area contributed by atoms with E-state index in [1.54, 1.807) is 18.4 Å². The lowest BCUT2D eigenvalue weighted by Crippen LogP contribution is -2.07. The molecule has 0 unspecified atom stereocenters. The van der Waals surface area contributed by atoms with Crippen LogP contribution < -0.4 is 10.5 Å². The number of nitrogens with zero attached hydrogens (tertiary/aromatic N) is 1. The number of methoxy groups -OCH3 is 1. The van der Waals surface area contributed by atoms with E-state index in [1.807, 2.05) is 19.1 Å². The molecule has 1 aromatic carbocycles. The fourth-order valence-electron chi connectivity index (χ4n) is 1.80. The Morgan fingerprint density at radius 3 is 2.85 bits per heavy atom. The van der Waals surface area contributed by atoms with Crippen LogP contribution in [0.25, 0.3) is 10.2 Å². The molecule has 0 aliphatic rings. The third kappa shape index (κ3) is 4.06. The molecule has 1 aromatic heterocycles. The molecule has 0 bridgehead atoms. The Kier molecular flexibility index (Phi) is 5.58. The molecule has 0 saturated heterocycles. The monoisotopic (exact) mass is 296 g/mol. The van der Waals surface area contributed by atoms with Crippen LogP contribution in [-0.4, -0.2) is 38.5 Å². The normalized spacial score (nSPS) is 11.1. The first-order valence-electron chi connectivity index (χ1n) is 6.57. The maximum Gasteiger partial charge on any atom is 0.144 e. The number of benzene rings is 1. The zero-order valence-electron chi connectivity index (χ0n) is 11.8. The molecular weight excluding hydrogens is 276 g/mol. The number of aryl methyl sites for hydroxylation is 1. The summed E-state index contributed by atoms with van der Waals surface area (Å²) in [5.74, 6) is 0.694. The fraction of sp³-hybridized carbons (Fsp3) is 0.500. The van der Waals surface area contributed by atoms with Crippen LogP contribution >= 0.6 is 11.3 Å². The molecule has 5 nitrogen and oxygen atoms in total. The quantitative estimate of drug-likeness (QED) is 0.599. The minimum Gasteiger partial charge on any atom is -0.491 e. The lowest BCUT2D eigenvalue weighted by atomic mass is 10.3. The number of aromatic nitrogens is 1. The van der Waals surface area contributed by atoms with Gasteiger partial charge in [-0.05, 0) is 13.0 Å². The average molecular weight is 296 g/mol. The topological polar surface area (TPSA) is 66.6 Å². The van der Waals surface area contributed by atoms with Gasteiger partial charge in [-0.2, -0.15) is 0 Å². The predicted octanol–water partition coefficient (Wildman–Crippen LogP) is 2.62. The first-order chi connectivity index (χ1) is 9.70. The molecule has 0 saturated carbocycles. The highest BCUT2D eigenvalue weighted by Gasteiger charge is 2.07. The summed E-state index contributed by atoms with van der Waals surface area (Å²) in [6, 6.07) is 3.82. The molecule has 0 spiro atoms. The van der Waals surface area contributed by atoms with E-state index in [2.05, 4.69) is 4.98 Å². The minimum atomic E-state index is 0.575. The third-order valence-electron chi connectivity index (χ3n) is 2.75. The van der Waals surface area contributed by atoms with Gasteiger partial charge in [0.2, 0.25) is 0 Å². The summed E-state index contributed by atoms with van der Waals surface area (Å²) in [4.78, 5) is 4.44. The maximum atomic E-state index is 5.98. The molecule has 1 heterocycles. The van der Waals surface area contributed by atoms with Crippen molar-refractivity contribution in [1.82, 2.24) is 4.98 Å². The summed E-state index contributed by atoms with van der Waals surface area (Å²) in [7, 11) is 1.66. The van der Waals surface area contributed by atoms with Gasteiger partial charge in [0.1, 0.15) is 5.75 Å². The van der Waals surface area contributed by atoms with Gasteiger partial charge in [-0.1, -0.05) is 0 Å². The van der Waals surface area contributed by atoms with Crippen molar-refractivity contribution in [3.63, 3.8) is 0 Å². The van der Waals surface area contributed by atoms with E-state index in [4.69, 9.17) is 19.9 Å². The largest absolute Gasteiger partial charge is 0.491 e. The molecular formula is C14H20N2O3S. The number of ether oxygens (including phenoxy) is 3. The third-order valence-corrected chi connectivity index (χ3v) is 3.68. The second-order valence-corrected chi connectivity index (χ2v) is 5.63. The summed E-state index contributed by atoms with van der Waals surface area (Å²) in [6.07, 6.45) is 0.817. The molecule has 0 amide bonds. The Bertz CT molecular complexity index is 557. The van der Waals surface area contributed by atoms with Crippen molar-refractivity contribution in [3.05, 3.63) is 17.1 Å². The Balaban J connectivity index is 1.82. The molecule has 20 heavy (non-hydrogen) atoms. The van der Waals surface area contributed by atoms with Gasteiger partial charge in [0.05, 0.1) is 40.7 Å². The Morgan fingerprint density at radius 1 is 1.20 bits per heavy atom. The molecule has 2 aromatic rings. The van der Waals surface area contributed by atoms with Crippen LogP contribution in [0.2, 0.25) is 0 Å². The van der Waals surface area contributed by atoms with Gasteiger partial charge in [-0.15, -0.1) is 11.3 Å².